The summed E-state index contributed by atoms with van der Waals surface area (Å²) >= 11 is 0. The Kier molecular flexibility index (Phi) is 2.46. The number of halogens is 1. The molecule has 0 radical (unpaired) electrons. The fourth-order valence-electron chi connectivity index (χ4n) is 1.24. The van der Waals surface area contributed by atoms with Crippen LogP contribution in [0.15, 0.2) is 0 Å². The van der Waals surface area contributed by atoms with Gasteiger partial charge in [-0.2, -0.15) is 0 Å². The number of aliphatic hydroxyl groups excluding tert-OH is 1. The van der Waals surface area contributed by atoms with Crippen molar-refractivity contribution in [2.45, 2.75) is 44.4 Å². The maximum absolute atomic E-state index is 12.6. The minimum Gasteiger partial charge on any atom is -0.390 e. The highest BCUT2D eigenvalue weighted by molar-refractivity contribution is 4.71. The average Bonchev–Trinajstić information content (AvgIpc) is 1.99. The van der Waals surface area contributed by atoms with Gasteiger partial charge in [0.05, 0.1) is 6.10 Å². The average molecular weight is 132 g/mol. The maximum Gasteiger partial charge on any atom is 0.126 e. The Labute approximate surface area is 54.9 Å². The summed E-state index contributed by atoms with van der Waals surface area (Å²) in [6, 6.07) is 0. The van der Waals surface area contributed by atoms with E-state index in [1.165, 1.54) is 0 Å². The van der Waals surface area contributed by atoms with E-state index in [9.17, 15) is 4.39 Å². The van der Waals surface area contributed by atoms with E-state index in [1.807, 2.05) is 0 Å². The molecule has 0 spiro atoms. The number of alkyl halides is 1. The van der Waals surface area contributed by atoms with Crippen LogP contribution >= 0.6 is 0 Å². The monoisotopic (exact) mass is 132 g/mol. The predicted octanol–water partition coefficient (Wildman–Crippen LogP) is 1.65. The summed E-state index contributed by atoms with van der Waals surface area (Å²) in [5.41, 5.74) is 0. The van der Waals surface area contributed by atoms with Crippen molar-refractivity contribution in [1.82, 2.24) is 0 Å². The Balaban J connectivity index is 2.32. The van der Waals surface area contributed by atoms with Crippen LogP contribution in [-0.4, -0.2) is 17.4 Å². The predicted molar refractivity (Wildman–Crippen MR) is 34.0 cm³/mol. The highest BCUT2D eigenvalue weighted by Crippen LogP contribution is 2.19. The zero-order chi connectivity index (χ0) is 6.69. The van der Waals surface area contributed by atoms with Crippen molar-refractivity contribution in [2.75, 3.05) is 0 Å². The lowest BCUT2D eigenvalue weighted by molar-refractivity contribution is 0.0724. The normalized spacial score (nSPS) is 38.0. The molecular formula is C7H13FO. The lowest BCUT2D eigenvalue weighted by Gasteiger charge is -2.09. The molecule has 54 valence electrons. The van der Waals surface area contributed by atoms with Gasteiger partial charge in [0.1, 0.15) is 6.17 Å². The molecule has 0 unspecified atom stereocenters. The number of hydrogen-bond donors (Lipinski definition) is 1. The Bertz CT molecular complexity index is 75.0. The van der Waals surface area contributed by atoms with Crippen molar-refractivity contribution in [3.8, 4) is 0 Å². The van der Waals surface area contributed by atoms with Gasteiger partial charge in [-0.1, -0.05) is 19.3 Å². The van der Waals surface area contributed by atoms with Crippen LogP contribution in [0, 0.1) is 0 Å². The lowest BCUT2D eigenvalue weighted by Crippen LogP contribution is -2.19. The van der Waals surface area contributed by atoms with Crippen LogP contribution in [-0.2, 0) is 0 Å². The molecule has 1 aliphatic rings. The first kappa shape index (κ1) is 7.00. The van der Waals surface area contributed by atoms with Crippen LogP contribution in [0.3, 0.4) is 0 Å². The Hall–Kier alpha value is -0.110. The van der Waals surface area contributed by atoms with Crippen LogP contribution in [0.1, 0.15) is 32.1 Å². The van der Waals surface area contributed by atoms with E-state index in [2.05, 4.69) is 0 Å². The first-order valence-electron chi connectivity index (χ1n) is 3.63. The van der Waals surface area contributed by atoms with Gasteiger partial charge >= 0.3 is 0 Å². The first-order valence-corrected chi connectivity index (χ1v) is 3.63. The molecule has 9 heavy (non-hydrogen) atoms. The largest absolute Gasteiger partial charge is 0.390 e. The molecule has 1 saturated carbocycles. The Morgan fingerprint density at radius 2 is 1.78 bits per heavy atom. The van der Waals surface area contributed by atoms with Gasteiger partial charge in [-0.05, 0) is 12.8 Å². The molecule has 0 aliphatic heterocycles. The lowest BCUT2D eigenvalue weighted by atomic mass is 10.1. The smallest absolute Gasteiger partial charge is 0.126 e. The van der Waals surface area contributed by atoms with Crippen LogP contribution in [0.5, 0.6) is 0 Å². The molecule has 2 heteroatoms. The molecule has 1 nitrogen and oxygen atoms in total. The zero-order valence-electron chi connectivity index (χ0n) is 5.52. The molecule has 0 bridgehead atoms. The standard InChI is InChI=1S/C7H13FO/c8-6-4-2-1-3-5-7(6)9/h6-7,9H,1-5H2/t6-,7+/m1/s1. The van der Waals surface area contributed by atoms with E-state index in [1.54, 1.807) is 0 Å². The van der Waals surface area contributed by atoms with Crippen molar-refractivity contribution >= 4 is 0 Å². The van der Waals surface area contributed by atoms with E-state index < -0.39 is 12.3 Å². The molecule has 1 fully saturated rings. The van der Waals surface area contributed by atoms with Gasteiger partial charge in [-0.25, -0.2) is 4.39 Å². The van der Waals surface area contributed by atoms with Crippen LogP contribution in [0.25, 0.3) is 0 Å². The van der Waals surface area contributed by atoms with E-state index in [0.29, 0.717) is 12.8 Å². The molecule has 0 aromatic carbocycles. The summed E-state index contributed by atoms with van der Waals surface area (Å²) < 4.78 is 12.6. The molecule has 2 atom stereocenters. The summed E-state index contributed by atoms with van der Waals surface area (Å²) in [6.07, 6.45) is 2.60. The van der Waals surface area contributed by atoms with Gasteiger partial charge in [0.25, 0.3) is 0 Å². The van der Waals surface area contributed by atoms with Crippen molar-refractivity contribution < 1.29 is 9.50 Å². The summed E-state index contributed by atoms with van der Waals surface area (Å²) in [6.45, 7) is 0. The molecule has 0 amide bonds. The van der Waals surface area contributed by atoms with Crippen molar-refractivity contribution in [1.29, 1.82) is 0 Å². The third-order valence-electron chi connectivity index (χ3n) is 1.90. The third-order valence-corrected chi connectivity index (χ3v) is 1.90. The number of aliphatic hydroxyl groups is 1. The van der Waals surface area contributed by atoms with Gasteiger partial charge in [0.15, 0.2) is 0 Å². The SMILES string of the molecule is O[C@H]1CCCCC[C@H]1F. The molecule has 0 aromatic rings. The molecular weight excluding hydrogens is 119 g/mol. The topological polar surface area (TPSA) is 20.2 Å². The zero-order valence-corrected chi connectivity index (χ0v) is 5.52. The second-order valence-electron chi connectivity index (χ2n) is 2.72. The highest BCUT2D eigenvalue weighted by Gasteiger charge is 2.19. The van der Waals surface area contributed by atoms with Gasteiger partial charge in [0, 0.05) is 0 Å². The van der Waals surface area contributed by atoms with E-state index >= 15 is 0 Å². The minimum absolute atomic E-state index is 0.557. The van der Waals surface area contributed by atoms with Gasteiger partial charge < -0.3 is 5.11 Å². The molecule has 0 heterocycles. The summed E-state index contributed by atoms with van der Waals surface area (Å²) in [7, 11) is 0. The first-order chi connectivity index (χ1) is 4.30. The highest BCUT2D eigenvalue weighted by atomic mass is 19.1. The Morgan fingerprint density at radius 3 is 2.56 bits per heavy atom. The number of hydrogen-bond acceptors (Lipinski definition) is 1. The number of rotatable bonds is 0. The summed E-state index contributed by atoms with van der Waals surface area (Å²) in [4.78, 5) is 0. The van der Waals surface area contributed by atoms with Gasteiger partial charge in [-0.3, -0.25) is 0 Å². The summed E-state index contributed by atoms with van der Waals surface area (Å²) in [5, 5.41) is 8.98. The molecule has 1 aliphatic carbocycles. The fraction of sp³-hybridized carbons (Fsp3) is 1.00. The third kappa shape index (κ3) is 1.94. The molecule has 0 saturated heterocycles. The molecule has 1 rings (SSSR count). The van der Waals surface area contributed by atoms with Crippen molar-refractivity contribution in [3.63, 3.8) is 0 Å². The van der Waals surface area contributed by atoms with Gasteiger partial charge in [0.2, 0.25) is 0 Å². The summed E-state index contributed by atoms with van der Waals surface area (Å²) in [5.74, 6) is 0. The quantitative estimate of drug-likeness (QED) is 0.497. The van der Waals surface area contributed by atoms with Crippen LogP contribution in [0.2, 0.25) is 0 Å². The van der Waals surface area contributed by atoms with E-state index in [0.717, 1.165) is 19.3 Å². The fourth-order valence-corrected chi connectivity index (χ4v) is 1.24. The Morgan fingerprint density at radius 1 is 1.11 bits per heavy atom. The van der Waals surface area contributed by atoms with Crippen molar-refractivity contribution in [3.05, 3.63) is 0 Å². The minimum atomic E-state index is -0.951. The van der Waals surface area contributed by atoms with Crippen molar-refractivity contribution in [2.24, 2.45) is 0 Å². The second-order valence-corrected chi connectivity index (χ2v) is 2.72. The molecule has 0 aromatic heterocycles. The maximum atomic E-state index is 12.6. The van der Waals surface area contributed by atoms with E-state index in [4.69, 9.17) is 5.11 Å². The van der Waals surface area contributed by atoms with Gasteiger partial charge in [-0.15, -0.1) is 0 Å². The van der Waals surface area contributed by atoms with Crippen LogP contribution < -0.4 is 0 Å². The second kappa shape index (κ2) is 3.16. The molecule has 1 N–H and O–H groups in total. The van der Waals surface area contributed by atoms with E-state index in [-0.39, 0.29) is 0 Å². The van der Waals surface area contributed by atoms with Crippen LogP contribution in [0.4, 0.5) is 4.39 Å².